The first-order valence-corrected chi connectivity index (χ1v) is 6.16. The predicted molar refractivity (Wildman–Crippen MR) is 75.9 cm³/mol. The highest BCUT2D eigenvalue weighted by molar-refractivity contribution is 5.81. The minimum atomic E-state index is 0.0146. The Morgan fingerprint density at radius 1 is 1.32 bits per heavy atom. The first-order valence-electron chi connectivity index (χ1n) is 6.16. The summed E-state index contributed by atoms with van der Waals surface area (Å²) < 4.78 is 0. The Bertz CT molecular complexity index is 460. The number of nitrogens with two attached hydrogens (primary N) is 1. The van der Waals surface area contributed by atoms with Gasteiger partial charge < -0.3 is 15.2 Å². The summed E-state index contributed by atoms with van der Waals surface area (Å²) in [6, 6.07) is 0. The number of anilines is 2. The Kier molecular flexibility index (Phi) is 5.05. The summed E-state index contributed by atoms with van der Waals surface area (Å²) in [6.07, 6.45) is 0.706. The highest BCUT2D eigenvalue weighted by atomic mass is 16.2. The van der Waals surface area contributed by atoms with E-state index in [-0.39, 0.29) is 12.5 Å². The SMILES string of the molecule is CCc1nc(NN)c(C)c(N(C)CC(=O)N(C)C)n1. The highest BCUT2D eigenvalue weighted by Gasteiger charge is 2.16. The van der Waals surface area contributed by atoms with Gasteiger partial charge in [0, 0.05) is 33.1 Å². The minimum Gasteiger partial charge on any atom is -0.350 e. The van der Waals surface area contributed by atoms with Crippen molar-refractivity contribution in [3.05, 3.63) is 11.4 Å². The molecule has 0 unspecified atom stereocenters. The minimum absolute atomic E-state index is 0.0146. The monoisotopic (exact) mass is 266 g/mol. The van der Waals surface area contributed by atoms with Gasteiger partial charge in [0.25, 0.3) is 0 Å². The molecule has 0 atom stereocenters. The maximum atomic E-state index is 11.7. The lowest BCUT2D eigenvalue weighted by Crippen LogP contribution is -2.35. The van der Waals surface area contributed by atoms with E-state index < -0.39 is 0 Å². The second-order valence-corrected chi connectivity index (χ2v) is 4.58. The normalized spacial score (nSPS) is 10.2. The van der Waals surface area contributed by atoms with E-state index in [1.165, 1.54) is 0 Å². The van der Waals surface area contributed by atoms with E-state index in [2.05, 4.69) is 15.4 Å². The number of aromatic nitrogens is 2. The van der Waals surface area contributed by atoms with Crippen molar-refractivity contribution < 1.29 is 4.79 Å². The smallest absolute Gasteiger partial charge is 0.241 e. The maximum absolute atomic E-state index is 11.7. The predicted octanol–water partition coefficient (Wildman–Crippen LogP) is 0.157. The average Bonchev–Trinajstić information content (AvgIpc) is 2.38. The number of rotatable bonds is 5. The molecule has 0 spiro atoms. The molecule has 106 valence electrons. The standard InChI is InChI=1S/C12H22N6O/c1-6-9-14-11(16-13)8(2)12(15-9)18(5)7-10(19)17(3)4/h6-7,13H2,1-5H3,(H,14,15,16). The van der Waals surface area contributed by atoms with Crippen LogP contribution in [-0.4, -0.2) is 48.5 Å². The first-order chi connectivity index (χ1) is 8.90. The Labute approximate surface area is 113 Å². The third-order valence-electron chi connectivity index (χ3n) is 2.85. The number of amides is 1. The Hall–Kier alpha value is -1.89. The fourth-order valence-corrected chi connectivity index (χ4v) is 1.64. The molecule has 7 nitrogen and oxygen atoms in total. The molecule has 0 aliphatic heterocycles. The summed E-state index contributed by atoms with van der Waals surface area (Å²) in [5.74, 6) is 7.47. The van der Waals surface area contributed by atoms with Gasteiger partial charge in [-0.3, -0.25) is 4.79 Å². The molecular weight excluding hydrogens is 244 g/mol. The molecule has 0 fully saturated rings. The number of aryl methyl sites for hydroxylation is 1. The zero-order chi connectivity index (χ0) is 14.6. The van der Waals surface area contributed by atoms with Crippen LogP contribution in [0, 0.1) is 6.92 Å². The third-order valence-corrected chi connectivity index (χ3v) is 2.85. The number of likely N-dealkylation sites (N-methyl/N-ethyl adjacent to an activating group) is 2. The van der Waals surface area contributed by atoms with Crippen molar-refractivity contribution in [1.29, 1.82) is 0 Å². The number of hydrogen-bond donors (Lipinski definition) is 2. The molecule has 0 aliphatic rings. The van der Waals surface area contributed by atoms with Gasteiger partial charge in [-0.05, 0) is 6.92 Å². The fraction of sp³-hybridized carbons (Fsp3) is 0.583. The Balaban J connectivity index is 3.07. The Morgan fingerprint density at radius 2 is 1.95 bits per heavy atom. The summed E-state index contributed by atoms with van der Waals surface area (Å²) in [4.78, 5) is 23.9. The average molecular weight is 266 g/mol. The van der Waals surface area contributed by atoms with Crippen LogP contribution in [-0.2, 0) is 11.2 Å². The van der Waals surface area contributed by atoms with Gasteiger partial charge in [-0.2, -0.15) is 0 Å². The molecule has 19 heavy (non-hydrogen) atoms. The Morgan fingerprint density at radius 3 is 2.42 bits per heavy atom. The van der Waals surface area contributed by atoms with Crippen molar-refractivity contribution in [2.75, 3.05) is 38.0 Å². The van der Waals surface area contributed by atoms with Crippen molar-refractivity contribution >= 4 is 17.5 Å². The number of nitrogen functional groups attached to an aromatic ring is 1. The van der Waals surface area contributed by atoms with E-state index in [0.717, 1.165) is 11.4 Å². The van der Waals surface area contributed by atoms with Gasteiger partial charge in [-0.25, -0.2) is 15.8 Å². The summed E-state index contributed by atoms with van der Waals surface area (Å²) in [5, 5.41) is 0. The van der Waals surface area contributed by atoms with Crippen LogP contribution < -0.4 is 16.2 Å². The van der Waals surface area contributed by atoms with E-state index in [1.807, 2.05) is 20.9 Å². The molecule has 0 radical (unpaired) electrons. The van der Waals surface area contributed by atoms with Gasteiger partial charge in [0.15, 0.2) is 0 Å². The molecule has 0 aliphatic carbocycles. The number of nitrogens with one attached hydrogen (secondary N) is 1. The molecule has 1 aromatic heterocycles. The second kappa shape index (κ2) is 6.33. The number of nitrogens with zero attached hydrogens (tertiary/aromatic N) is 4. The highest BCUT2D eigenvalue weighted by Crippen LogP contribution is 2.22. The summed E-state index contributed by atoms with van der Waals surface area (Å²) >= 11 is 0. The molecular formula is C12H22N6O. The van der Waals surface area contributed by atoms with Crippen LogP contribution >= 0.6 is 0 Å². The van der Waals surface area contributed by atoms with Crippen molar-refractivity contribution in [1.82, 2.24) is 14.9 Å². The largest absolute Gasteiger partial charge is 0.350 e. The van der Waals surface area contributed by atoms with Crippen LogP contribution in [0.4, 0.5) is 11.6 Å². The van der Waals surface area contributed by atoms with E-state index in [9.17, 15) is 4.79 Å². The topological polar surface area (TPSA) is 87.4 Å². The zero-order valence-electron chi connectivity index (χ0n) is 12.2. The van der Waals surface area contributed by atoms with Crippen LogP contribution in [0.1, 0.15) is 18.3 Å². The van der Waals surface area contributed by atoms with Gasteiger partial charge in [-0.15, -0.1) is 0 Å². The van der Waals surface area contributed by atoms with Crippen LogP contribution in [0.2, 0.25) is 0 Å². The lowest BCUT2D eigenvalue weighted by molar-refractivity contribution is -0.127. The van der Waals surface area contributed by atoms with Crippen molar-refractivity contribution in [2.45, 2.75) is 20.3 Å². The van der Waals surface area contributed by atoms with Crippen LogP contribution in [0.5, 0.6) is 0 Å². The quantitative estimate of drug-likeness (QED) is 0.583. The van der Waals surface area contributed by atoms with Crippen LogP contribution in [0.3, 0.4) is 0 Å². The fourth-order valence-electron chi connectivity index (χ4n) is 1.64. The summed E-state index contributed by atoms with van der Waals surface area (Å²) in [5.41, 5.74) is 3.40. The van der Waals surface area contributed by atoms with E-state index in [1.54, 1.807) is 23.9 Å². The van der Waals surface area contributed by atoms with Gasteiger partial charge >= 0.3 is 0 Å². The molecule has 0 saturated heterocycles. The molecule has 1 amide bonds. The van der Waals surface area contributed by atoms with E-state index in [4.69, 9.17) is 5.84 Å². The maximum Gasteiger partial charge on any atom is 0.241 e. The molecule has 0 bridgehead atoms. The number of hydrazine groups is 1. The van der Waals surface area contributed by atoms with Gasteiger partial charge in [0.1, 0.15) is 17.5 Å². The van der Waals surface area contributed by atoms with E-state index in [0.29, 0.717) is 18.1 Å². The van der Waals surface area contributed by atoms with E-state index >= 15 is 0 Å². The lowest BCUT2D eigenvalue weighted by Gasteiger charge is -2.23. The molecule has 0 saturated carbocycles. The summed E-state index contributed by atoms with van der Waals surface area (Å²) in [6.45, 7) is 4.11. The van der Waals surface area contributed by atoms with Crippen LogP contribution in [0.25, 0.3) is 0 Å². The molecule has 3 N–H and O–H groups in total. The van der Waals surface area contributed by atoms with Crippen molar-refractivity contribution in [3.8, 4) is 0 Å². The molecule has 7 heteroatoms. The number of carbonyl (C=O) groups excluding carboxylic acids is 1. The molecule has 1 rings (SSSR count). The second-order valence-electron chi connectivity index (χ2n) is 4.58. The van der Waals surface area contributed by atoms with Crippen LogP contribution in [0.15, 0.2) is 0 Å². The van der Waals surface area contributed by atoms with Gasteiger partial charge in [0.05, 0.1) is 6.54 Å². The van der Waals surface area contributed by atoms with Crippen molar-refractivity contribution in [2.24, 2.45) is 5.84 Å². The zero-order valence-corrected chi connectivity index (χ0v) is 12.2. The molecule has 0 aromatic carbocycles. The van der Waals surface area contributed by atoms with Gasteiger partial charge in [0.2, 0.25) is 5.91 Å². The van der Waals surface area contributed by atoms with Crippen molar-refractivity contribution in [3.63, 3.8) is 0 Å². The summed E-state index contributed by atoms with van der Waals surface area (Å²) in [7, 11) is 5.29. The number of carbonyl (C=O) groups is 1. The molecule has 1 heterocycles. The lowest BCUT2D eigenvalue weighted by atomic mass is 10.2. The molecule has 1 aromatic rings. The third kappa shape index (κ3) is 3.54. The number of hydrogen-bond acceptors (Lipinski definition) is 6. The first kappa shape index (κ1) is 15.2. The van der Waals surface area contributed by atoms with Gasteiger partial charge in [-0.1, -0.05) is 6.92 Å².